The van der Waals surface area contributed by atoms with Crippen molar-refractivity contribution >= 4 is 11.8 Å². The lowest BCUT2D eigenvalue weighted by atomic mass is 9.91. The maximum atomic E-state index is 11.8. The van der Waals surface area contributed by atoms with Crippen LogP contribution in [-0.2, 0) is 4.74 Å². The van der Waals surface area contributed by atoms with Crippen molar-refractivity contribution in [3.63, 3.8) is 0 Å². The molecule has 2 N–H and O–H groups in total. The molecule has 0 aromatic heterocycles. The molecule has 1 aliphatic rings. The summed E-state index contributed by atoms with van der Waals surface area (Å²) >= 11 is 0. The number of anilines is 1. The number of ether oxygens (including phenoxy) is 1. The zero-order valence-electron chi connectivity index (χ0n) is 13.2. The van der Waals surface area contributed by atoms with Crippen LogP contribution in [0.5, 0.6) is 0 Å². The lowest BCUT2D eigenvalue weighted by Crippen LogP contribution is -2.43. The number of carbonyl (C=O) groups is 1. The Balaban J connectivity index is 1.82. The molecule has 116 valence electrons. The molecular weight excluding hydrogens is 264 g/mol. The van der Waals surface area contributed by atoms with Crippen molar-refractivity contribution < 1.29 is 9.53 Å². The second-order valence-electron chi connectivity index (χ2n) is 6.72. The summed E-state index contributed by atoms with van der Waals surface area (Å²) in [6.45, 7) is 5.65. The standard InChI is InChI=1S/C17H26N2O2/c1-17(2,3)21-16(20)19-15-11-7-10-14(12-15)18-13-8-5-4-6-9-13/h4-6,8-9,14-15,18H,7,10-12H2,1-3H3,(H,19,20). The molecule has 0 aliphatic heterocycles. The van der Waals surface area contributed by atoms with E-state index < -0.39 is 5.60 Å². The average molecular weight is 290 g/mol. The molecule has 0 spiro atoms. The number of hydrogen-bond donors (Lipinski definition) is 2. The van der Waals surface area contributed by atoms with E-state index in [9.17, 15) is 4.79 Å². The number of para-hydroxylation sites is 1. The predicted octanol–water partition coefficient (Wildman–Crippen LogP) is 3.93. The molecule has 2 unspecified atom stereocenters. The van der Waals surface area contributed by atoms with Gasteiger partial charge in [0.05, 0.1) is 0 Å². The fraction of sp³-hybridized carbons (Fsp3) is 0.588. The second-order valence-corrected chi connectivity index (χ2v) is 6.72. The SMILES string of the molecule is CC(C)(C)OC(=O)NC1CCCC(Nc2ccccc2)C1. The summed E-state index contributed by atoms with van der Waals surface area (Å²) in [5.41, 5.74) is 0.695. The van der Waals surface area contributed by atoms with E-state index in [1.807, 2.05) is 39.0 Å². The van der Waals surface area contributed by atoms with Gasteiger partial charge in [-0.1, -0.05) is 18.2 Å². The molecule has 0 bridgehead atoms. The van der Waals surface area contributed by atoms with Gasteiger partial charge in [-0.05, 0) is 58.6 Å². The van der Waals surface area contributed by atoms with Crippen LogP contribution in [0.25, 0.3) is 0 Å². The first-order chi connectivity index (χ1) is 9.92. The Morgan fingerprint density at radius 1 is 1.14 bits per heavy atom. The average Bonchev–Trinajstić information content (AvgIpc) is 2.38. The first-order valence-corrected chi connectivity index (χ1v) is 7.73. The van der Waals surface area contributed by atoms with Crippen molar-refractivity contribution in [3.8, 4) is 0 Å². The molecule has 1 aliphatic carbocycles. The van der Waals surface area contributed by atoms with E-state index in [2.05, 4.69) is 22.8 Å². The Bertz CT molecular complexity index is 454. The van der Waals surface area contributed by atoms with E-state index in [-0.39, 0.29) is 12.1 Å². The van der Waals surface area contributed by atoms with Crippen LogP contribution in [0.15, 0.2) is 30.3 Å². The van der Waals surface area contributed by atoms with Gasteiger partial charge >= 0.3 is 6.09 Å². The summed E-state index contributed by atoms with van der Waals surface area (Å²) in [6, 6.07) is 10.8. The maximum absolute atomic E-state index is 11.8. The molecule has 2 rings (SSSR count). The number of amides is 1. The quantitative estimate of drug-likeness (QED) is 0.886. The van der Waals surface area contributed by atoms with Crippen molar-refractivity contribution in [1.82, 2.24) is 5.32 Å². The van der Waals surface area contributed by atoms with Gasteiger partial charge in [0, 0.05) is 17.8 Å². The minimum Gasteiger partial charge on any atom is -0.444 e. The molecule has 1 saturated carbocycles. The summed E-state index contributed by atoms with van der Waals surface area (Å²) in [4.78, 5) is 11.8. The van der Waals surface area contributed by atoms with Gasteiger partial charge in [-0.25, -0.2) is 4.79 Å². The summed E-state index contributed by atoms with van der Waals surface area (Å²) in [5, 5.41) is 6.53. The molecule has 1 amide bonds. The Kier molecular flexibility index (Phi) is 5.10. The summed E-state index contributed by atoms with van der Waals surface area (Å²) in [6.07, 6.45) is 3.90. The molecule has 0 saturated heterocycles. The first-order valence-electron chi connectivity index (χ1n) is 7.73. The molecule has 1 fully saturated rings. The van der Waals surface area contributed by atoms with Crippen LogP contribution < -0.4 is 10.6 Å². The van der Waals surface area contributed by atoms with Crippen molar-refractivity contribution in [1.29, 1.82) is 0 Å². The van der Waals surface area contributed by atoms with Gasteiger partial charge in [0.2, 0.25) is 0 Å². The highest BCUT2D eigenvalue weighted by atomic mass is 16.6. The molecule has 1 aromatic rings. The Morgan fingerprint density at radius 2 is 1.81 bits per heavy atom. The van der Waals surface area contributed by atoms with Crippen LogP contribution >= 0.6 is 0 Å². The minimum atomic E-state index is -0.444. The van der Waals surface area contributed by atoms with Gasteiger partial charge in [-0.15, -0.1) is 0 Å². The lowest BCUT2D eigenvalue weighted by molar-refractivity contribution is 0.0492. The van der Waals surface area contributed by atoms with Gasteiger partial charge in [-0.3, -0.25) is 0 Å². The predicted molar refractivity (Wildman–Crippen MR) is 85.5 cm³/mol. The highest BCUT2D eigenvalue weighted by Gasteiger charge is 2.25. The lowest BCUT2D eigenvalue weighted by Gasteiger charge is -2.31. The third-order valence-electron chi connectivity index (χ3n) is 3.54. The minimum absolute atomic E-state index is 0.190. The van der Waals surface area contributed by atoms with Gasteiger partial charge in [0.1, 0.15) is 5.60 Å². The maximum Gasteiger partial charge on any atom is 0.407 e. The summed E-state index contributed by atoms with van der Waals surface area (Å²) < 4.78 is 5.32. The van der Waals surface area contributed by atoms with Crippen molar-refractivity contribution in [2.24, 2.45) is 0 Å². The molecule has 4 heteroatoms. The number of alkyl carbamates (subject to hydrolysis) is 1. The monoisotopic (exact) mass is 290 g/mol. The van der Waals surface area contributed by atoms with Gasteiger partial charge < -0.3 is 15.4 Å². The van der Waals surface area contributed by atoms with E-state index in [0.717, 1.165) is 31.4 Å². The molecule has 2 atom stereocenters. The molecular formula is C17H26N2O2. The second kappa shape index (κ2) is 6.83. The molecule has 0 heterocycles. The van der Waals surface area contributed by atoms with Crippen LogP contribution in [0.3, 0.4) is 0 Å². The highest BCUT2D eigenvalue weighted by Crippen LogP contribution is 2.22. The highest BCUT2D eigenvalue weighted by molar-refractivity contribution is 5.68. The molecule has 1 aromatic carbocycles. The summed E-state index contributed by atoms with van der Waals surface area (Å²) in [7, 11) is 0. The van der Waals surface area contributed by atoms with E-state index in [1.165, 1.54) is 0 Å². The van der Waals surface area contributed by atoms with Crippen LogP contribution in [-0.4, -0.2) is 23.8 Å². The zero-order chi connectivity index (χ0) is 15.3. The smallest absolute Gasteiger partial charge is 0.407 e. The van der Waals surface area contributed by atoms with Crippen molar-refractivity contribution in [2.75, 3.05) is 5.32 Å². The van der Waals surface area contributed by atoms with E-state index in [0.29, 0.717) is 6.04 Å². The fourth-order valence-corrected chi connectivity index (χ4v) is 2.70. The fourth-order valence-electron chi connectivity index (χ4n) is 2.70. The number of hydrogen-bond acceptors (Lipinski definition) is 3. The largest absolute Gasteiger partial charge is 0.444 e. The molecule has 4 nitrogen and oxygen atoms in total. The van der Waals surface area contributed by atoms with Crippen LogP contribution in [0.4, 0.5) is 10.5 Å². The number of nitrogens with one attached hydrogen (secondary N) is 2. The van der Waals surface area contributed by atoms with Crippen LogP contribution in [0.1, 0.15) is 46.5 Å². The Hall–Kier alpha value is -1.71. The summed E-state index contributed by atoms with van der Waals surface area (Å²) in [5.74, 6) is 0. The Morgan fingerprint density at radius 3 is 2.48 bits per heavy atom. The van der Waals surface area contributed by atoms with E-state index in [4.69, 9.17) is 4.74 Å². The zero-order valence-corrected chi connectivity index (χ0v) is 13.2. The first kappa shape index (κ1) is 15.7. The van der Waals surface area contributed by atoms with Gasteiger partial charge in [0.25, 0.3) is 0 Å². The van der Waals surface area contributed by atoms with E-state index in [1.54, 1.807) is 0 Å². The van der Waals surface area contributed by atoms with Crippen LogP contribution in [0, 0.1) is 0 Å². The number of rotatable bonds is 3. The van der Waals surface area contributed by atoms with Gasteiger partial charge in [0.15, 0.2) is 0 Å². The number of carbonyl (C=O) groups excluding carboxylic acids is 1. The molecule has 0 radical (unpaired) electrons. The molecule has 21 heavy (non-hydrogen) atoms. The Labute approximate surface area is 127 Å². The van der Waals surface area contributed by atoms with Crippen molar-refractivity contribution in [2.45, 2.75) is 64.1 Å². The van der Waals surface area contributed by atoms with E-state index >= 15 is 0 Å². The normalized spacial score (nSPS) is 22.4. The van der Waals surface area contributed by atoms with Gasteiger partial charge in [-0.2, -0.15) is 0 Å². The number of benzene rings is 1. The third-order valence-corrected chi connectivity index (χ3v) is 3.54. The van der Waals surface area contributed by atoms with Crippen LogP contribution in [0.2, 0.25) is 0 Å². The van der Waals surface area contributed by atoms with Crippen molar-refractivity contribution in [3.05, 3.63) is 30.3 Å². The topological polar surface area (TPSA) is 50.4 Å². The third kappa shape index (κ3) is 5.66.